The molecular weight excluding hydrogens is 412 g/mol. The Labute approximate surface area is 180 Å². The van der Waals surface area contributed by atoms with Crippen LogP contribution in [0, 0.1) is 0 Å². The van der Waals surface area contributed by atoms with Crippen LogP contribution >= 0.6 is 0 Å². The fourth-order valence-corrected chi connectivity index (χ4v) is 2.34. The van der Waals surface area contributed by atoms with Gasteiger partial charge in [-0.15, -0.1) is 0 Å². The first kappa shape index (κ1) is 27.8. The molecule has 12 heteroatoms. The molecule has 0 aliphatic heterocycles. The zero-order valence-corrected chi connectivity index (χ0v) is 17.5. The molecule has 0 rings (SSSR count). The van der Waals surface area contributed by atoms with E-state index in [9.17, 15) is 28.8 Å². The standard InChI is InChI=1S/C19H32N4O8/c24-14(6-8-18(28)29)22-12-16(26)20-10-4-2-1-3-5-11-21-17(27)13-23-15(25)7-9-19(30)31/h1-13H2,(H,20,26)(H,21,27)(H,22,24)(H,23,25)(H,28,29)(H,30,31). The number of amides is 4. The van der Waals surface area contributed by atoms with Crippen molar-refractivity contribution in [2.75, 3.05) is 26.2 Å². The Morgan fingerprint density at radius 3 is 1.16 bits per heavy atom. The van der Waals surface area contributed by atoms with Gasteiger partial charge in [0, 0.05) is 25.9 Å². The summed E-state index contributed by atoms with van der Waals surface area (Å²) in [6, 6.07) is 0. The molecule has 176 valence electrons. The van der Waals surface area contributed by atoms with Crippen LogP contribution in [0.4, 0.5) is 0 Å². The van der Waals surface area contributed by atoms with E-state index in [1.165, 1.54) is 0 Å². The predicted octanol–water partition coefficient (Wildman–Crippen LogP) is -0.869. The van der Waals surface area contributed by atoms with Gasteiger partial charge in [-0.05, 0) is 12.8 Å². The highest BCUT2D eigenvalue weighted by Gasteiger charge is 2.08. The van der Waals surface area contributed by atoms with Gasteiger partial charge in [0.15, 0.2) is 0 Å². The van der Waals surface area contributed by atoms with Crippen LogP contribution in [0.5, 0.6) is 0 Å². The Bertz CT molecular complexity index is 572. The lowest BCUT2D eigenvalue weighted by Crippen LogP contribution is -2.37. The minimum Gasteiger partial charge on any atom is -0.481 e. The zero-order valence-electron chi connectivity index (χ0n) is 17.5. The maximum atomic E-state index is 11.6. The first-order valence-electron chi connectivity index (χ1n) is 10.2. The SMILES string of the molecule is O=C(O)CCC(=O)NCC(=O)NCCCCCCCNC(=O)CNC(=O)CCC(=O)O. The smallest absolute Gasteiger partial charge is 0.303 e. The van der Waals surface area contributed by atoms with Gasteiger partial charge < -0.3 is 31.5 Å². The Balaban J connectivity index is 3.49. The minimum absolute atomic E-state index is 0.162. The summed E-state index contributed by atoms with van der Waals surface area (Å²) in [4.78, 5) is 66.4. The average Bonchev–Trinajstić information content (AvgIpc) is 2.71. The van der Waals surface area contributed by atoms with Gasteiger partial charge in [-0.2, -0.15) is 0 Å². The third-order valence-electron chi connectivity index (χ3n) is 4.02. The van der Waals surface area contributed by atoms with E-state index in [-0.39, 0.29) is 50.6 Å². The van der Waals surface area contributed by atoms with Crippen LogP contribution in [0.15, 0.2) is 0 Å². The van der Waals surface area contributed by atoms with E-state index >= 15 is 0 Å². The fraction of sp³-hybridized carbons (Fsp3) is 0.684. The molecule has 0 saturated heterocycles. The highest BCUT2D eigenvalue weighted by Crippen LogP contribution is 2.01. The summed E-state index contributed by atoms with van der Waals surface area (Å²) in [6.45, 7) is 0.584. The second-order valence-electron chi connectivity index (χ2n) is 6.81. The summed E-state index contributed by atoms with van der Waals surface area (Å²) < 4.78 is 0. The molecule has 6 N–H and O–H groups in total. The van der Waals surface area contributed by atoms with Crippen LogP contribution in [0.3, 0.4) is 0 Å². The number of rotatable bonds is 18. The maximum absolute atomic E-state index is 11.6. The van der Waals surface area contributed by atoms with Gasteiger partial charge in [-0.1, -0.05) is 19.3 Å². The lowest BCUT2D eigenvalue weighted by Gasteiger charge is -2.07. The summed E-state index contributed by atoms with van der Waals surface area (Å²) in [7, 11) is 0. The number of hydrogen-bond acceptors (Lipinski definition) is 6. The zero-order chi connectivity index (χ0) is 23.5. The largest absolute Gasteiger partial charge is 0.481 e. The van der Waals surface area contributed by atoms with Gasteiger partial charge in [0.25, 0.3) is 0 Å². The highest BCUT2D eigenvalue weighted by molar-refractivity contribution is 5.86. The summed E-state index contributed by atoms with van der Waals surface area (Å²) >= 11 is 0. The molecule has 0 fully saturated rings. The molecule has 0 spiro atoms. The predicted molar refractivity (Wildman–Crippen MR) is 109 cm³/mol. The molecule has 31 heavy (non-hydrogen) atoms. The number of hydrogen-bond donors (Lipinski definition) is 6. The van der Waals surface area contributed by atoms with Crippen molar-refractivity contribution >= 4 is 35.6 Å². The van der Waals surface area contributed by atoms with Crippen molar-refractivity contribution in [3.63, 3.8) is 0 Å². The lowest BCUT2D eigenvalue weighted by molar-refractivity contribution is -0.139. The first-order chi connectivity index (χ1) is 14.7. The number of aliphatic carboxylic acids is 2. The normalized spacial score (nSPS) is 10.1. The molecule has 0 atom stereocenters. The van der Waals surface area contributed by atoms with Crippen LogP contribution in [-0.2, 0) is 28.8 Å². The molecule has 0 aromatic heterocycles. The van der Waals surface area contributed by atoms with E-state index in [2.05, 4.69) is 21.3 Å². The minimum atomic E-state index is -1.07. The number of unbranched alkanes of at least 4 members (excludes halogenated alkanes) is 4. The molecule has 0 radical (unpaired) electrons. The van der Waals surface area contributed by atoms with E-state index in [1.807, 2.05) is 0 Å². The van der Waals surface area contributed by atoms with E-state index in [0.29, 0.717) is 13.1 Å². The van der Waals surface area contributed by atoms with Crippen molar-refractivity contribution in [3.05, 3.63) is 0 Å². The van der Waals surface area contributed by atoms with Crippen molar-refractivity contribution in [3.8, 4) is 0 Å². The van der Waals surface area contributed by atoms with Gasteiger partial charge in [0.2, 0.25) is 23.6 Å². The third kappa shape index (κ3) is 19.9. The van der Waals surface area contributed by atoms with Crippen molar-refractivity contribution in [1.82, 2.24) is 21.3 Å². The van der Waals surface area contributed by atoms with Crippen molar-refractivity contribution in [1.29, 1.82) is 0 Å². The molecule has 0 aliphatic rings. The van der Waals surface area contributed by atoms with E-state index in [1.54, 1.807) is 0 Å². The molecule has 0 aliphatic carbocycles. The third-order valence-corrected chi connectivity index (χ3v) is 4.02. The number of carbonyl (C=O) groups is 6. The summed E-state index contributed by atoms with van der Waals surface area (Å²) in [5, 5.41) is 27.0. The molecule has 0 unspecified atom stereocenters. The van der Waals surface area contributed by atoms with Crippen LogP contribution in [0.25, 0.3) is 0 Å². The fourth-order valence-electron chi connectivity index (χ4n) is 2.34. The molecule has 0 aromatic carbocycles. The molecule has 12 nitrogen and oxygen atoms in total. The van der Waals surface area contributed by atoms with Gasteiger partial charge in [-0.25, -0.2) is 0 Å². The second kappa shape index (κ2) is 17.7. The van der Waals surface area contributed by atoms with Crippen molar-refractivity contribution < 1.29 is 39.0 Å². The number of carbonyl (C=O) groups excluding carboxylic acids is 4. The Morgan fingerprint density at radius 2 is 0.806 bits per heavy atom. The Hall–Kier alpha value is -3.18. The molecule has 0 bridgehead atoms. The summed E-state index contributed by atoms with van der Waals surface area (Å²) in [5.41, 5.74) is 0. The van der Waals surface area contributed by atoms with E-state index in [0.717, 1.165) is 32.1 Å². The number of carboxylic acids is 2. The van der Waals surface area contributed by atoms with E-state index in [4.69, 9.17) is 10.2 Å². The summed E-state index contributed by atoms with van der Waals surface area (Å²) in [6.07, 6.45) is 3.36. The van der Waals surface area contributed by atoms with Gasteiger partial charge in [-0.3, -0.25) is 28.8 Å². The van der Waals surface area contributed by atoms with Crippen LogP contribution in [-0.4, -0.2) is 72.0 Å². The van der Waals surface area contributed by atoms with Crippen molar-refractivity contribution in [2.45, 2.75) is 57.8 Å². The maximum Gasteiger partial charge on any atom is 0.303 e. The molecule has 0 saturated carbocycles. The molecular formula is C19H32N4O8. The molecule has 0 heterocycles. The molecule has 4 amide bonds. The van der Waals surface area contributed by atoms with E-state index < -0.39 is 23.8 Å². The lowest BCUT2D eigenvalue weighted by atomic mass is 10.1. The number of nitrogens with one attached hydrogen (secondary N) is 4. The molecule has 0 aromatic rings. The van der Waals surface area contributed by atoms with Crippen molar-refractivity contribution in [2.24, 2.45) is 0 Å². The highest BCUT2D eigenvalue weighted by atomic mass is 16.4. The summed E-state index contributed by atoms with van der Waals surface area (Å²) in [5.74, 6) is -3.76. The second-order valence-corrected chi connectivity index (χ2v) is 6.81. The van der Waals surface area contributed by atoms with Gasteiger partial charge >= 0.3 is 11.9 Å². The monoisotopic (exact) mass is 444 g/mol. The number of carboxylic acid groups (broad SMARTS) is 2. The topological polar surface area (TPSA) is 191 Å². The van der Waals surface area contributed by atoms with Gasteiger partial charge in [0.1, 0.15) is 0 Å². The Kier molecular flexibility index (Phi) is 15.8. The average molecular weight is 444 g/mol. The van der Waals surface area contributed by atoms with Crippen LogP contribution < -0.4 is 21.3 Å². The quantitative estimate of drug-likeness (QED) is 0.147. The van der Waals surface area contributed by atoms with Crippen LogP contribution in [0.2, 0.25) is 0 Å². The Morgan fingerprint density at radius 1 is 0.452 bits per heavy atom. The van der Waals surface area contributed by atoms with Crippen LogP contribution in [0.1, 0.15) is 57.8 Å². The van der Waals surface area contributed by atoms with Gasteiger partial charge in [0.05, 0.1) is 25.9 Å². The first-order valence-corrected chi connectivity index (χ1v) is 10.2.